The highest BCUT2D eigenvalue weighted by atomic mass is 32.2. The lowest BCUT2D eigenvalue weighted by molar-refractivity contribution is -0.142. The summed E-state index contributed by atoms with van der Waals surface area (Å²) in [5.41, 5.74) is 4.34. The molecule has 0 aliphatic rings. The van der Waals surface area contributed by atoms with Gasteiger partial charge in [-0.2, -0.15) is 0 Å². The average Bonchev–Trinajstić information content (AvgIpc) is 3.43. The van der Waals surface area contributed by atoms with Gasteiger partial charge in [0.1, 0.15) is 40.1 Å². The molecule has 0 aliphatic carbocycles. The smallest absolute Gasteiger partial charge is 0.407 e. The maximum absolute atomic E-state index is 12.9. The van der Waals surface area contributed by atoms with E-state index in [9.17, 15) is 14.1 Å². The highest BCUT2D eigenvalue weighted by molar-refractivity contribution is 7.90. The first-order chi connectivity index (χ1) is 22.1. The van der Waals surface area contributed by atoms with Crippen LogP contribution < -0.4 is 14.8 Å². The van der Waals surface area contributed by atoms with Crippen molar-refractivity contribution in [3.63, 3.8) is 0 Å². The molecule has 47 heavy (non-hydrogen) atoms. The largest absolute Gasteiger partial charge is 0.598 e. The van der Waals surface area contributed by atoms with E-state index in [0.29, 0.717) is 23.7 Å². The number of hydrogen-bond acceptors (Lipinski definition) is 8. The first-order valence-corrected chi connectivity index (χ1v) is 16.9. The molecule has 0 saturated heterocycles. The number of nitrogens with one attached hydrogen (secondary N) is 2. The lowest BCUT2D eigenvalue weighted by Crippen LogP contribution is -2.40. The Morgan fingerprint density at radius 1 is 0.957 bits per heavy atom. The summed E-state index contributed by atoms with van der Waals surface area (Å²) in [5.74, 6) is 0.946. The molecule has 0 spiro atoms. The summed E-state index contributed by atoms with van der Waals surface area (Å²) in [5, 5.41) is 3.69. The van der Waals surface area contributed by atoms with Crippen LogP contribution in [0.25, 0.3) is 22.1 Å². The molecular weight excluding hydrogens is 616 g/mol. The Morgan fingerprint density at radius 3 is 2.40 bits per heavy atom. The number of fused-ring (bicyclic) bond motifs is 1. The van der Waals surface area contributed by atoms with Crippen molar-refractivity contribution >= 4 is 34.4 Å². The normalized spacial score (nSPS) is 13.2. The Labute approximate surface area is 280 Å². The lowest BCUT2D eigenvalue weighted by atomic mass is 9.98. The van der Waals surface area contributed by atoms with Gasteiger partial charge in [0.25, 0.3) is 0 Å². The summed E-state index contributed by atoms with van der Waals surface area (Å²) in [6.07, 6.45) is -0.373. The molecule has 4 rings (SSSR count). The van der Waals surface area contributed by atoms with E-state index in [1.807, 2.05) is 115 Å². The minimum Gasteiger partial charge on any atom is -0.598 e. The van der Waals surface area contributed by atoms with Gasteiger partial charge in [-0.3, -0.25) is 4.79 Å². The maximum Gasteiger partial charge on any atom is 0.407 e. The maximum atomic E-state index is 12.9. The third-order valence-electron chi connectivity index (χ3n) is 7.04. The van der Waals surface area contributed by atoms with E-state index < -0.39 is 27.8 Å². The molecule has 0 aliphatic heterocycles. The number of para-hydroxylation sites is 1. The van der Waals surface area contributed by atoms with E-state index in [4.69, 9.17) is 18.6 Å². The highest BCUT2D eigenvalue weighted by Crippen LogP contribution is 2.36. The van der Waals surface area contributed by atoms with Crippen molar-refractivity contribution in [3.05, 3.63) is 89.2 Å². The van der Waals surface area contributed by atoms with E-state index in [-0.39, 0.29) is 31.6 Å². The molecule has 1 aromatic heterocycles. The first kappa shape index (κ1) is 35.9. The zero-order chi connectivity index (χ0) is 34.4. The van der Waals surface area contributed by atoms with Gasteiger partial charge in [-0.1, -0.05) is 36.4 Å². The van der Waals surface area contributed by atoms with Crippen LogP contribution in [-0.2, 0) is 45.2 Å². The van der Waals surface area contributed by atoms with Crippen LogP contribution in [0, 0.1) is 0 Å². The fourth-order valence-electron chi connectivity index (χ4n) is 4.80. The van der Waals surface area contributed by atoms with E-state index in [2.05, 4.69) is 10.0 Å². The second kappa shape index (κ2) is 15.3. The van der Waals surface area contributed by atoms with Crippen molar-refractivity contribution in [1.29, 1.82) is 0 Å². The lowest BCUT2D eigenvalue weighted by Gasteiger charge is -2.25. The summed E-state index contributed by atoms with van der Waals surface area (Å²) in [7, 11) is 0. The van der Waals surface area contributed by atoms with Crippen molar-refractivity contribution in [2.45, 2.75) is 91.4 Å². The number of amides is 1. The molecule has 4 aromatic rings. The summed E-state index contributed by atoms with van der Waals surface area (Å²) < 4.78 is 38.8. The molecule has 0 radical (unpaired) electrons. The summed E-state index contributed by atoms with van der Waals surface area (Å²) in [6.45, 7) is 15.8. The Morgan fingerprint density at radius 2 is 1.70 bits per heavy atom. The van der Waals surface area contributed by atoms with Gasteiger partial charge >= 0.3 is 12.1 Å². The Bertz CT molecular complexity index is 1690. The van der Waals surface area contributed by atoms with E-state index in [0.717, 1.165) is 33.2 Å². The standard InChI is InChI=1S/C37H46N2O7S/c1-9-43-33(40)21-28-14-10-11-16-31(28)44-23-26-18-29-20-32(24(2)39-47(42)37(6,7)8)45-34(29)30(19-26)27-15-12-13-25(17-27)22-38-35(41)46-36(3,4)5/h10-20,24,39H,9,21-23H2,1-8H3,(H,38,41)/t24-,47-/m1/s1. The third-order valence-corrected chi connectivity index (χ3v) is 8.72. The van der Waals surface area contributed by atoms with Crippen molar-refractivity contribution in [3.8, 4) is 16.9 Å². The molecule has 0 saturated carbocycles. The molecule has 9 nitrogen and oxygen atoms in total. The number of carbonyl (C=O) groups excluding carboxylic acids is 2. The van der Waals surface area contributed by atoms with Crippen LogP contribution >= 0.6 is 0 Å². The molecule has 0 bridgehead atoms. The van der Waals surface area contributed by atoms with Crippen LogP contribution in [0.4, 0.5) is 4.79 Å². The van der Waals surface area contributed by atoms with Gasteiger partial charge in [-0.15, -0.1) is 4.72 Å². The van der Waals surface area contributed by atoms with Crippen LogP contribution in [0.1, 0.15) is 83.9 Å². The molecule has 1 heterocycles. The van der Waals surface area contributed by atoms with Gasteiger partial charge < -0.3 is 28.5 Å². The van der Waals surface area contributed by atoms with Crippen LogP contribution in [-0.4, -0.2) is 33.6 Å². The molecule has 10 heteroatoms. The van der Waals surface area contributed by atoms with E-state index in [1.165, 1.54) is 0 Å². The number of furan rings is 1. The van der Waals surface area contributed by atoms with Crippen molar-refractivity contribution in [2.24, 2.45) is 0 Å². The van der Waals surface area contributed by atoms with Gasteiger partial charge in [-0.25, -0.2) is 4.79 Å². The molecule has 2 N–H and O–H groups in total. The quantitative estimate of drug-likeness (QED) is 0.116. The number of alkyl carbamates (subject to hydrolysis) is 1. The number of benzene rings is 3. The second-order valence-corrected chi connectivity index (χ2v) is 15.4. The molecule has 2 atom stereocenters. The Balaban J connectivity index is 1.67. The fourth-order valence-corrected chi connectivity index (χ4v) is 5.59. The molecule has 1 amide bonds. The van der Waals surface area contributed by atoms with E-state index >= 15 is 0 Å². The summed E-state index contributed by atoms with van der Waals surface area (Å²) >= 11 is -1.29. The minimum absolute atomic E-state index is 0.115. The molecular formula is C37H46N2O7S. The second-order valence-electron chi connectivity index (χ2n) is 13.4. The minimum atomic E-state index is -1.29. The summed E-state index contributed by atoms with van der Waals surface area (Å²) in [6, 6.07) is 21.0. The number of ether oxygens (including phenoxy) is 3. The SMILES string of the molecule is CCOC(=O)Cc1ccccc1OCc1cc(-c2cccc(CNC(=O)OC(C)(C)C)c2)c2oc([C@@H](C)N[S@+]([O-])C(C)(C)C)cc2c1. The average molecular weight is 663 g/mol. The zero-order valence-corrected chi connectivity index (χ0v) is 29.3. The molecule has 252 valence electrons. The van der Waals surface area contributed by atoms with Gasteiger partial charge in [0.05, 0.1) is 13.0 Å². The number of rotatable bonds is 12. The van der Waals surface area contributed by atoms with Crippen molar-refractivity contribution in [1.82, 2.24) is 10.0 Å². The predicted octanol–water partition coefficient (Wildman–Crippen LogP) is 7.92. The number of esters is 1. The molecule has 3 aromatic carbocycles. The molecule has 0 fully saturated rings. The fraction of sp³-hybridized carbons (Fsp3) is 0.405. The van der Waals surface area contributed by atoms with Crippen molar-refractivity contribution < 1.29 is 32.8 Å². The van der Waals surface area contributed by atoms with Gasteiger partial charge in [0, 0.05) is 34.4 Å². The van der Waals surface area contributed by atoms with Crippen molar-refractivity contribution in [2.75, 3.05) is 6.61 Å². The number of carbonyl (C=O) groups is 2. The first-order valence-electron chi connectivity index (χ1n) is 15.8. The predicted molar refractivity (Wildman–Crippen MR) is 185 cm³/mol. The van der Waals surface area contributed by atoms with Gasteiger partial charge in [-0.05, 0) is 102 Å². The van der Waals surface area contributed by atoms with Crippen LogP contribution in [0.2, 0.25) is 0 Å². The molecule has 0 unspecified atom stereocenters. The monoisotopic (exact) mass is 662 g/mol. The Hall–Kier alpha value is -3.99. The Kier molecular flexibility index (Phi) is 11.7. The topological polar surface area (TPSA) is 122 Å². The van der Waals surface area contributed by atoms with Gasteiger partial charge in [0.2, 0.25) is 0 Å². The van der Waals surface area contributed by atoms with Crippen LogP contribution in [0.3, 0.4) is 0 Å². The number of hydrogen-bond donors (Lipinski definition) is 2. The third kappa shape index (κ3) is 10.2. The van der Waals surface area contributed by atoms with Gasteiger partial charge in [0.15, 0.2) is 0 Å². The highest BCUT2D eigenvalue weighted by Gasteiger charge is 2.29. The zero-order valence-electron chi connectivity index (χ0n) is 28.5. The summed E-state index contributed by atoms with van der Waals surface area (Å²) in [4.78, 5) is 24.5. The van der Waals surface area contributed by atoms with E-state index in [1.54, 1.807) is 6.92 Å². The van der Waals surface area contributed by atoms with Crippen LogP contribution in [0.5, 0.6) is 5.75 Å². The van der Waals surface area contributed by atoms with Crippen LogP contribution in [0.15, 0.2) is 71.1 Å².